The topological polar surface area (TPSA) is 78.0 Å². The predicted molar refractivity (Wildman–Crippen MR) is 116 cm³/mol. The Balaban J connectivity index is 1.43. The summed E-state index contributed by atoms with van der Waals surface area (Å²) in [5, 5.41) is 3.06. The molecule has 2 fully saturated rings. The van der Waals surface area contributed by atoms with Crippen molar-refractivity contribution in [1.29, 1.82) is 0 Å². The van der Waals surface area contributed by atoms with Gasteiger partial charge in [-0.05, 0) is 44.8 Å². The van der Waals surface area contributed by atoms with Gasteiger partial charge in [-0.2, -0.15) is 0 Å². The standard InChI is InChI=1S/C22H33N5O3/c1-25(10-11-26-8-4-2-3-5-9-26)22(29)17-13-19-21(23-14-17)24-15-20(28)27(19)16-18-7-6-12-30-18/h13-14,18H,2-12,15-16H2,1H3,(H,23,24). The number of carbonyl (C=O) groups is 2. The van der Waals surface area contributed by atoms with Crippen molar-refractivity contribution in [1.82, 2.24) is 14.8 Å². The summed E-state index contributed by atoms with van der Waals surface area (Å²) in [6.07, 6.45) is 8.74. The molecule has 8 nitrogen and oxygen atoms in total. The molecule has 4 heterocycles. The molecular weight excluding hydrogens is 382 g/mol. The van der Waals surface area contributed by atoms with E-state index in [-0.39, 0.29) is 24.5 Å². The lowest BCUT2D eigenvalue weighted by Gasteiger charge is -2.31. The summed E-state index contributed by atoms with van der Waals surface area (Å²) in [6.45, 7) is 5.30. The van der Waals surface area contributed by atoms with Gasteiger partial charge in [-0.3, -0.25) is 9.59 Å². The zero-order chi connectivity index (χ0) is 20.9. The molecule has 4 rings (SSSR count). The number of nitrogens with one attached hydrogen (secondary N) is 1. The van der Waals surface area contributed by atoms with Crippen molar-refractivity contribution in [2.45, 2.75) is 44.6 Å². The Hall–Kier alpha value is -2.19. The number of hydrogen-bond acceptors (Lipinski definition) is 6. The fraction of sp³-hybridized carbons (Fsp3) is 0.682. The molecule has 0 aliphatic carbocycles. The number of ether oxygens (including phenoxy) is 1. The SMILES string of the molecule is CN(CCN1CCCCCC1)C(=O)c1cnc2c(c1)N(CC1CCCO1)C(=O)CN2. The summed E-state index contributed by atoms with van der Waals surface area (Å²) in [7, 11) is 1.84. The van der Waals surface area contributed by atoms with Crippen molar-refractivity contribution in [2.75, 3.05) is 63.1 Å². The van der Waals surface area contributed by atoms with E-state index in [4.69, 9.17) is 4.74 Å². The molecule has 1 aromatic heterocycles. The van der Waals surface area contributed by atoms with Gasteiger partial charge in [-0.15, -0.1) is 0 Å². The Labute approximate surface area is 178 Å². The fourth-order valence-corrected chi connectivity index (χ4v) is 4.47. The van der Waals surface area contributed by atoms with E-state index >= 15 is 0 Å². The summed E-state index contributed by atoms with van der Waals surface area (Å²) in [4.78, 5) is 35.9. The first-order valence-electron chi connectivity index (χ1n) is 11.3. The number of nitrogens with zero attached hydrogens (tertiary/aromatic N) is 4. The third kappa shape index (κ3) is 4.92. The smallest absolute Gasteiger partial charge is 0.255 e. The van der Waals surface area contributed by atoms with E-state index in [0.717, 1.165) is 39.1 Å². The second-order valence-corrected chi connectivity index (χ2v) is 8.57. The normalized spacial score (nSPS) is 22.4. The number of aromatic nitrogens is 1. The van der Waals surface area contributed by atoms with Gasteiger partial charge < -0.3 is 24.8 Å². The van der Waals surface area contributed by atoms with Gasteiger partial charge in [-0.25, -0.2) is 4.98 Å². The third-order valence-corrected chi connectivity index (χ3v) is 6.32. The van der Waals surface area contributed by atoms with Crippen LogP contribution in [0.2, 0.25) is 0 Å². The fourth-order valence-electron chi connectivity index (χ4n) is 4.47. The number of rotatable bonds is 6. The van der Waals surface area contributed by atoms with Crippen LogP contribution in [0.4, 0.5) is 11.5 Å². The zero-order valence-corrected chi connectivity index (χ0v) is 17.9. The molecule has 8 heteroatoms. The van der Waals surface area contributed by atoms with Gasteiger partial charge in [-0.1, -0.05) is 12.8 Å². The van der Waals surface area contributed by atoms with E-state index < -0.39 is 0 Å². The van der Waals surface area contributed by atoms with E-state index in [9.17, 15) is 9.59 Å². The van der Waals surface area contributed by atoms with E-state index in [0.29, 0.717) is 30.2 Å². The minimum Gasteiger partial charge on any atom is -0.376 e. The zero-order valence-electron chi connectivity index (χ0n) is 17.9. The van der Waals surface area contributed by atoms with Gasteiger partial charge in [0.05, 0.1) is 30.4 Å². The lowest BCUT2D eigenvalue weighted by molar-refractivity contribution is -0.117. The molecule has 1 N–H and O–H groups in total. The molecule has 30 heavy (non-hydrogen) atoms. The lowest BCUT2D eigenvalue weighted by Crippen LogP contribution is -2.44. The van der Waals surface area contributed by atoms with Crippen LogP contribution in [0.5, 0.6) is 0 Å². The van der Waals surface area contributed by atoms with Crippen LogP contribution < -0.4 is 10.2 Å². The van der Waals surface area contributed by atoms with E-state index in [2.05, 4.69) is 15.2 Å². The minimum atomic E-state index is -0.0600. The highest BCUT2D eigenvalue weighted by Gasteiger charge is 2.30. The molecule has 0 spiro atoms. The third-order valence-electron chi connectivity index (χ3n) is 6.32. The maximum atomic E-state index is 13.0. The minimum absolute atomic E-state index is 0.0149. The van der Waals surface area contributed by atoms with Crippen molar-refractivity contribution >= 4 is 23.3 Å². The first-order valence-corrected chi connectivity index (χ1v) is 11.3. The number of likely N-dealkylation sites (tertiary alicyclic amines) is 1. The highest BCUT2D eigenvalue weighted by molar-refractivity contribution is 6.04. The number of carbonyl (C=O) groups excluding carboxylic acids is 2. The average Bonchev–Trinajstić information content (AvgIpc) is 3.14. The predicted octanol–water partition coefficient (Wildman–Crippen LogP) is 1.97. The molecule has 1 unspecified atom stereocenters. The monoisotopic (exact) mass is 415 g/mol. The molecule has 164 valence electrons. The maximum Gasteiger partial charge on any atom is 0.255 e. The summed E-state index contributed by atoms with van der Waals surface area (Å²) in [5.74, 6) is 0.575. The highest BCUT2D eigenvalue weighted by atomic mass is 16.5. The van der Waals surface area contributed by atoms with Gasteiger partial charge in [0.2, 0.25) is 5.91 Å². The molecule has 2 amide bonds. The molecule has 1 aromatic rings. The largest absolute Gasteiger partial charge is 0.376 e. The number of pyridine rings is 1. The number of fused-ring (bicyclic) bond motifs is 1. The number of likely N-dealkylation sites (N-methyl/N-ethyl adjacent to an activating group) is 1. The maximum absolute atomic E-state index is 13.0. The van der Waals surface area contributed by atoms with Crippen LogP contribution in [-0.2, 0) is 9.53 Å². The first-order chi connectivity index (χ1) is 14.6. The van der Waals surface area contributed by atoms with Gasteiger partial charge in [0.15, 0.2) is 0 Å². The van der Waals surface area contributed by atoms with Crippen LogP contribution in [0.3, 0.4) is 0 Å². The van der Waals surface area contributed by atoms with Crippen LogP contribution in [0.15, 0.2) is 12.3 Å². The Morgan fingerprint density at radius 3 is 2.80 bits per heavy atom. The van der Waals surface area contributed by atoms with Gasteiger partial charge in [0, 0.05) is 32.9 Å². The summed E-state index contributed by atoms with van der Waals surface area (Å²) in [5.41, 5.74) is 1.19. The van der Waals surface area contributed by atoms with Crippen LogP contribution in [0.1, 0.15) is 48.9 Å². The van der Waals surface area contributed by atoms with Gasteiger partial charge in [0.25, 0.3) is 5.91 Å². The second-order valence-electron chi connectivity index (χ2n) is 8.57. The molecule has 0 bridgehead atoms. The van der Waals surface area contributed by atoms with Crippen molar-refractivity contribution in [3.63, 3.8) is 0 Å². The van der Waals surface area contributed by atoms with Gasteiger partial charge in [0.1, 0.15) is 5.82 Å². The first kappa shape index (κ1) is 21.1. The van der Waals surface area contributed by atoms with Gasteiger partial charge >= 0.3 is 0 Å². The average molecular weight is 416 g/mol. The molecule has 1 atom stereocenters. The van der Waals surface area contributed by atoms with Crippen LogP contribution in [0.25, 0.3) is 0 Å². The quantitative estimate of drug-likeness (QED) is 0.765. The molecule has 0 radical (unpaired) electrons. The summed E-state index contributed by atoms with van der Waals surface area (Å²) in [6, 6.07) is 1.80. The summed E-state index contributed by atoms with van der Waals surface area (Å²) < 4.78 is 5.72. The van der Waals surface area contributed by atoms with Crippen LogP contribution in [-0.4, -0.2) is 85.6 Å². The number of hydrogen-bond donors (Lipinski definition) is 1. The van der Waals surface area contributed by atoms with Crippen LogP contribution in [0, 0.1) is 0 Å². The highest BCUT2D eigenvalue weighted by Crippen LogP contribution is 2.30. The Morgan fingerprint density at radius 1 is 1.27 bits per heavy atom. The van der Waals surface area contributed by atoms with E-state index in [1.165, 1.54) is 25.7 Å². The number of anilines is 2. The van der Waals surface area contributed by atoms with Crippen LogP contribution >= 0.6 is 0 Å². The van der Waals surface area contributed by atoms with Crippen molar-refractivity contribution in [2.24, 2.45) is 0 Å². The summed E-state index contributed by atoms with van der Waals surface area (Å²) >= 11 is 0. The lowest BCUT2D eigenvalue weighted by atomic mass is 10.1. The van der Waals surface area contributed by atoms with E-state index in [1.807, 2.05) is 7.05 Å². The second kappa shape index (κ2) is 9.75. The van der Waals surface area contributed by atoms with E-state index in [1.54, 1.807) is 22.1 Å². The molecule has 2 saturated heterocycles. The molecule has 3 aliphatic heterocycles. The molecule has 3 aliphatic rings. The Morgan fingerprint density at radius 2 is 2.07 bits per heavy atom. The number of amides is 2. The van der Waals surface area contributed by atoms with Crippen molar-refractivity contribution < 1.29 is 14.3 Å². The van der Waals surface area contributed by atoms with Crippen molar-refractivity contribution in [3.05, 3.63) is 17.8 Å². The van der Waals surface area contributed by atoms with Crippen molar-refractivity contribution in [3.8, 4) is 0 Å². The Kier molecular flexibility index (Phi) is 6.84. The Bertz CT molecular complexity index is 757. The molecular formula is C22H33N5O3. The molecule has 0 aromatic carbocycles. The molecule has 0 saturated carbocycles.